The molecule has 0 amide bonds. The van der Waals surface area contributed by atoms with Crippen LogP contribution in [0.5, 0.6) is 28.7 Å². The van der Waals surface area contributed by atoms with Crippen molar-refractivity contribution in [3.05, 3.63) is 81.0 Å². The normalized spacial score (nSPS) is 18.7. The van der Waals surface area contributed by atoms with Crippen LogP contribution in [0.4, 0.5) is 5.69 Å². The average molecular weight is 589 g/mol. The lowest BCUT2D eigenvalue weighted by Crippen LogP contribution is -2.41. The van der Waals surface area contributed by atoms with Gasteiger partial charge in [0, 0.05) is 46.6 Å². The molecule has 222 valence electrons. The number of nitro groups is 1. The SMILES string of the molecule is COC(=O)[C@H]1[C@H](c2cc(OC)c(OC)c(OC)c2)c2cc3c(cc2C(=O)[C@@H]1Cc1c[nH]c2ccc([N+](=O)[O-])cc12)OCO3. The first-order valence-corrected chi connectivity index (χ1v) is 13.4. The van der Waals surface area contributed by atoms with E-state index in [-0.39, 0.29) is 24.7 Å². The van der Waals surface area contributed by atoms with E-state index in [0.717, 1.165) is 0 Å². The van der Waals surface area contributed by atoms with Crippen molar-refractivity contribution < 1.29 is 42.9 Å². The Morgan fingerprint density at radius 3 is 2.33 bits per heavy atom. The predicted octanol–water partition coefficient (Wildman–Crippen LogP) is 4.81. The molecule has 1 aliphatic heterocycles. The Bertz CT molecular complexity index is 1750. The van der Waals surface area contributed by atoms with Crippen LogP contribution in [0.25, 0.3) is 10.9 Å². The van der Waals surface area contributed by atoms with E-state index in [1.54, 1.807) is 36.5 Å². The fraction of sp³-hybridized carbons (Fsp3) is 0.290. The van der Waals surface area contributed by atoms with Crippen LogP contribution in [0.15, 0.2) is 48.7 Å². The van der Waals surface area contributed by atoms with Crippen molar-refractivity contribution in [1.82, 2.24) is 4.98 Å². The monoisotopic (exact) mass is 588 g/mol. The fourth-order valence-electron chi connectivity index (χ4n) is 6.23. The molecule has 0 bridgehead atoms. The van der Waals surface area contributed by atoms with Crippen molar-refractivity contribution in [1.29, 1.82) is 0 Å². The molecule has 4 aromatic rings. The van der Waals surface area contributed by atoms with Gasteiger partial charge in [-0.15, -0.1) is 0 Å². The van der Waals surface area contributed by atoms with Crippen molar-refractivity contribution in [2.45, 2.75) is 12.3 Å². The molecule has 1 N–H and O–H groups in total. The molecule has 0 radical (unpaired) electrons. The summed E-state index contributed by atoms with van der Waals surface area (Å²) in [5.74, 6) is -1.46. The number of carbonyl (C=O) groups is 2. The molecule has 0 spiro atoms. The number of fused-ring (bicyclic) bond motifs is 3. The minimum absolute atomic E-state index is 0.000751. The Labute approximate surface area is 245 Å². The first kappa shape index (κ1) is 27.9. The van der Waals surface area contributed by atoms with E-state index >= 15 is 0 Å². The highest BCUT2D eigenvalue weighted by Crippen LogP contribution is 2.52. The smallest absolute Gasteiger partial charge is 0.310 e. The highest BCUT2D eigenvalue weighted by Gasteiger charge is 2.48. The van der Waals surface area contributed by atoms with E-state index < -0.39 is 28.6 Å². The molecule has 12 heteroatoms. The van der Waals surface area contributed by atoms with Crippen LogP contribution in [-0.2, 0) is 16.0 Å². The summed E-state index contributed by atoms with van der Waals surface area (Å²) in [6.07, 6.45) is 1.81. The van der Waals surface area contributed by atoms with Gasteiger partial charge < -0.3 is 33.4 Å². The van der Waals surface area contributed by atoms with Crippen LogP contribution in [-0.4, -0.2) is 56.9 Å². The molecule has 0 unspecified atom stereocenters. The van der Waals surface area contributed by atoms with Crippen molar-refractivity contribution in [3.8, 4) is 28.7 Å². The molecule has 1 aliphatic carbocycles. The van der Waals surface area contributed by atoms with Crippen LogP contribution >= 0.6 is 0 Å². The Morgan fingerprint density at radius 1 is 1.00 bits per heavy atom. The first-order chi connectivity index (χ1) is 20.8. The number of hydrogen-bond acceptors (Lipinski definition) is 10. The molecule has 12 nitrogen and oxygen atoms in total. The maximum absolute atomic E-state index is 14.3. The second-order valence-corrected chi connectivity index (χ2v) is 10.3. The molecule has 1 aromatic heterocycles. The number of esters is 1. The van der Waals surface area contributed by atoms with Crippen LogP contribution < -0.4 is 23.7 Å². The number of nitrogens with zero attached hydrogens (tertiary/aromatic N) is 1. The molecular weight excluding hydrogens is 560 g/mol. The number of carbonyl (C=O) groups excluding carboxylic acids is 2. The molecular formula is C31H28N2O10. The first-order valence-electron chi connectivity index (χ1n) is 13.4. The van der Waals surface area contributed by atoms with E-state index in [4.69, 9.17) is 28.4 Å². The number of benzene rings is 3. The third-order valence-electron chi connectivity index (χ3n) is 8.20. The quantitative estimate of drug-likeness (QED) is 0.173. The zero-order valence-electron chi connectivity index (χ0n) is 23.8. The standard InChI is InChI=1S/C31H28N2O10/c1-38-25-8-15(9-26(39-2)30(25)40-3)27-19-11-23-24(43-14-42-23)12-20(19)29(34)21(28(27)31(35)41-4)7-16-13-32-22-6-5-17(33(36)37)10-18(16)22/h5-6,8-13,21,27-28,32H,7,14H2,1-4H3/t21-,27-,28-/m1/s1. The van der Waals surface area contributed by atoms with Crippen LogP contribution in [0.3, 0.4) is 0 Å². The summed E-state index contributed by atoms with van der Waals surface area (Å²) in [5.41, 5.74) is 2.80. The Hall–Kier alpha value is -5.26. The third-order valence-corrected chi connectivity index (χ3v) is 8.20. The number of rotatable bonds is 8. The number of hydrogen-bond donors (Lipinski definition) is 1. The topological polar surface area (TPSA) is 148 Å². The number of ketones is 1. The lowest BCUT2D eigenvalue weighted by atomic mass is 9.64. The largest absolute Gasteiger partial charge is 0.493 e. The highest BCUT2D eigenvalue weighted by atomic mass is 16.7. The minimum Gasteiger partial charge on any atom is -0.493 e. The summed E-state index contributed by atoms with van der Waals surface area (Å²) >= 11 is 0. The Kier molecular flexibility index (Phi) is 7.04. The van der Waals surface area contributed by atoms with E-state index in [1.807, 2.05) is 0 Å². The summed E-state index contributed by atoms with van der Waals surface area (Å²) in [4.78, 5) is 42.2. The number of H-pyrrole nitrogens is 1. The second kappa shape index (κ2) is 10.9. The minimum atomic E-state index is -0.989. The second-order valence-electron chi connectivity index (χ2n) is 10.3. The summed E-state index contributed by atoms with van der Waals surface area (Å²) in [7, 11) is 5.76. The van der Waals surface area contributed by atoms with Gasteiger partial charge in [0.05, 0.1) is 39.3 Å². The van der Waals surface area contributed by atoms with Crippen LogP contribution in [0.2, 0.25) is 0 Å². The van der Waals surface area contributed by atoms with Gasteiger partial charge in [0.15, 0.2) is 28.8 Å². The number of methoxy groups -OCH3 is 4. The average Bonchev–Trinajstić information content (AvgIpc) is 3.66. The zero-order valence-corrected chi connectivity index (χ0v) is 23.8. The lowest BCUT2D eigenvalue weighted by Gasteiger charge is -2.37. The van der Waals surface area contributed by atoms with E-state index in [0.29, 0.717) is 61.9 Å². The van der Waals surface area contributed by atoms with Gasteiger partial charge in [-0.05, 0) is 53.4 Å². The van der Waals surface area contributed by atoms with E-state index in [9.17, 15) is 19.7 Å². The number of nitro benzene ring substituents is 1. The number of non-ortho nitro benzene ring substituents is 1. The summed E-state index contributed by atoms with van der Waals surface area (Å²) in [5, 5.41) is 12.1. The van der Waals surface area contributed by atoms with Crippen molar-refractivity contribution in [2.75, 3.05) is 35.2 Å². The van der Waals surface area contributed by atoms with Gasteiger partial charge in [-0.25, -0.2) is 0 Å². The maximum Gasteiger partial charge on any atom is 0.310 e. The molecule has 2 heterocycles. The van der Waals surface area contributed by atoms with Gasteiger partial charge in [0.25, 0.3) is 5.69 Å². The molecule has 43 heavy (non-hydrogen) atoms. The summed E-state index contributed by atoms with van der Waals surface area (Å²) in [6.45, 7) is -0.000751. The number of aromatic amines is 1. The number of ether oxygens (including phenoxy) is 6. The highest BCUT2D eigenvalue weighted by molar-refractivity contribution is 6.05. The zero-order chi connectivity index (χ0) is 30.4. The van der Waals surface area contributed by atoms with Crippen molar-refractivity contribution in [2.24, 2.45) is 11.8 Å². The van der Waals surface area contributed by atoms with Gasteiger partial charge >= 0.3 is 5.97 Å². The van der Waals surface area contributed by atoms with Crippen molar-refractivity contribution >= 4 is 28.3 Å². The van der Waals surface area contributed by atoms with Crippen LogP contribution in [0.1, 0.15) is 33.0 Å². The summed E-state index contributed by atoms with van der Waals surface area (Å²) in [6, 6.07) is 11.4. The molecule has 0 fully saturated rings. The van der Waals surface area contributed by atoms with Gasteiger partial charge in [0.1, 0.15) is 0 Å². The Balaban J connectivity index is 1.57. The molecule has 6 rings (SSSR count). The van der Waals surface area contributed by atoms with Gasteiger partial charge in [-0.3, -0.25) is 19.7 Å². The van der Waals surface area contributed by atoms with Crippen LogP contribution in [0, 0.1) is 22.0 Å². The van der Waals surface area contributed by atoms with Gasteiger partial charge in [0.2, 0.25) is 12.5 Å². The molecule has 3 atom stereocenters. The number of nitrogens with one attached hydrogen (secondary N) is 1. The molecule has 2 aliphatic rings. The molecule has 0 saturated heterocycles. The predicted molar refractivity (Wildman–Crippen MR) is 152 cm³/mol. The lowest BCUT2D eigenvalue weighted by molar-refractivity contribution is -0.384. The Morgan fingerprint density at radius 2 is 1.70 bits per heavy atom. The number of aromatic nitrogens is 1. The fourth-order valence-corrected chi connectivity index (χ4v) is 6.23. The van der Waals surface area contributed by atoms with Gasteiger partial charge in [-0.1, -0.05) is 0 Å². The third kappa shape index (κ3) is 4.55. The molecule has 3 aromatic carbocycles. The van der Waals surface area contributed by atoms with E-state index in [2.05, 4.69) is 4.98 Å². The molecule has 0 saturated carbocycles. The van der Waals surface area contributed by atoms with Gasteiger partial charge in [-0.2, -0.15) is 0 Å². The maximum atomic E-state index is 14.3. The van der Waals surface area contributed by atoms with E-state index in [1.165, 1.54) is 40.6 Å². The van der Waals surface area contributed by atoms with Crippen molar-refractivity contribution in [3.63, 3.8) is 0 Å². The summed E-state index contributed by atoms with van der Waals surface area (Å²) < 4.78 is 33.3. The number of Topliss-reactive ketones (excluding diaryl/α,β-unsaturated/α-hetero) is 1.